The van der Waals surface area contributed by atoms with Gasteiger partial charge >= 0.3 is 0 Å². The van der Waals surface area contributed by atoms with Gasteiger partial charge in [-0.25, -0.2) is 9.97 Å². The van der Waals surface area contributed by atoms with Gasteiger partial charge < -0.3 is 10.3 Å². The molecule has 4 heteroatoms. The lowest BCUT2D eigenvalue weighted by Crippen LogP contribution is -2.13. The smallest absolute Gasteiger partial charge is 0.147 e. The highest BCUT2D eigenvalue weighted by Crippen LogP contribution is 2.11. The Hall–Kier alpha value is -1.68. The largest absolute Gasteiger partial charge is 0.342 e. The van der Waals surface area contributed by atoms with E-state index in [1.165, 1.54) is 0 Å². The summed E-state index contributed by atoms with van der Waals surface area (Å²) in [6.45, 7) is 2.64. The quantitative estimate of drug-likeness (QED) is 0.817. The van der Waals surface area contributed by atoms with Crippen LogP contribution in [0.1, 0.15) is 24.5 Å². The molecular weight excluding hydrogens is 188 g/mol. The van der Waals surface area contributed by atoms with Crippen molar-refractivity contribution in [1.82, 2.24) is 14.5 Å². The first-order chi connectivity index (χ1) is 7.27. The predicted octanol–water partition coefficient (Wildman–Crippen LogP) is 1.35. The molecular formula is C11H14N4. The van der Waals surface area contributed by atoms with Gasteiger partial charge in [-0.15, -0.1) is 0 Å². The maximum Gasteiger partial charge on any atom is 0.147 e. The molecule has 2 aromatic heterocycles. The molecule has 78 valence electrons. The first-order valence-corrected chi connectivity index (χ1v) is 4.94. The second-order valence-corrected chi connectivity index (χ2v) is 3.51. The highest BCUT2D eigenvalue weighted by molar-refractivity contribution is 5.12. The van der Waals surface area contributed by atoms with Gasteiger partial charge in [0.15, 0.2) is 0 Å². The fourth-order valence-electron chi connectivity index (χ4n) is 1.55. The van der Waals surface area contributed by atoms with Gasteiger partial charge in [0.05, 0.1) is 6.54 Å². The molecule has 0 aromatic carbocycles. The van der Waals surface area contributed by atoms with Crippen LogP contribution < -0.4 is 5.73 Å². The van der Waals surface area contributed by atoms with Gasteiger partial charge in [0, 0.05) is 30.3 Å². The van der Waals surface area contributed by atoms with Gasteiger partial charge in [-0.05, 0) is 25.1 Å². The Bertz CT molecular complexity index is 419. The van der Waals surface area contributed by atoms with Gasteiger partial charge in [-0.3, -0.25) is 0 Å². The van der Waals surface area contributed by atoms with Crippen LogP contribution in [0.25, 0.3) is 0 Å². The Morgan fingerprint density at radius 3 is 2.73 bits per heavy atom. The van der Waals surface area contributed by atoms with Crippen molar-refractivity contribution in [2.45, 2.75) is 19.5 Å². The predicted molar refractivity (Wildman–Crippen MR) is 58.2 cm³/mol. The van der Waals surface area contributed by atoms with Crippen molar-refractivity contribution in [3.63, 3.8) is 0 Å². The summed E-state index contributed by atoms with van der Waals surface area (Å²) in [6, 6.07) is 5.85. The minimum atomic E-state index is 0.0312. The first-order valence-electron chi connectivity index (χ1n) is 4.94. The Balaban J connectivity index is 2.21. The summed E-state index contributed by atoms with van der Waals surface area (Å²) in [7, 11) is 0. The minimum Gasteiger partial charge on any atom is -0.342 e. The van der Waals surface area contributed by atoms with Crippen molar-refractivity contribution in [2.24, 2.45) is 5.73 Å². The van der Waals surface area contributed by atoms with E-state index in [2.05, 4.69) is 14.5 Å². The van der Waals surface area contributed by atoms with E-state index in [1.54, 1.807) is 12.4 Å². The first kappa shape index (κ1) is 9.86. The molecule has 2 rings (SSSR count). The molecule has 0 bridgehead atoms. The Kier molecular flexibility index (Phi) is 2.78. The van der Waals surface area contributed by atoms with Crippen LogP contribution >= 0.6 is 0 Å². The summed E-state index contributed by atoms with van der Waals surface area (Å²) in [4.78, 5) is 8.36. The molecule has 0 aliphatic heterocycles. The summed E-state index contributed by atoms with van der Waals surface area (Å²) >= 11 is 0. The summed E-state index contributed by atoms with van der Waals surface area (Å²) in [5.41, 5.74) is 6.95. The standard InChI is InChI=1S/C11H14N4/c1-9(12)10-4-2-7-15(10)8-11-13-5-3-6-14-11/h2-7,9H,8,12H2,1H3. The SMILES string of the molecule is CC(N)c1cccn1Cc1ncccn1. The van der Waals surface area contributed by atoms with Crippen molar-refractivity contribution < 1.29 is 0 Å². The maximum atomic E-state index is 5.85. The third-order valence-corrected chi connectivity index (χ3v) is 2.26. The Morgan fingerprint density at radius 2 is 2.07 bits per heavy atom. The Labute approximate surface area is 88.8 Å². The van der Waals surface area contributed by atoms with Crippen LogP contribution in [0.4, 0.5) is 0 Å². The van der Waals surface area contributed by atoms with Gasteiger partial charge in [-0.2, -0.15) is 0 Å². The molecule has 0 aliphatic rings. The van der Waals surface area contributed by atoms with Crippen molar-refractivity contribution in [1.29, 1.82) is 0 Å². The van der Waals surface area contributed by atoms with E-state index in [-0.39, 0.29) is 6.04 Å². The lowest BCUT2D eigenvalue weighted by molar-refractivity contribution is 0.655. The molecule has 2 heterocycles. The van der Waals surface area contributed by atoms with E-state index in [0.717, 1.165) is 11.5 Å². The van der Waals surface area contributed by atoms with Crippen LogP contribution in [0, 0.1) is 0 Å². The average molecular weight is 202 g/mol. The summed E-state index contributed by atoms with van der Waals surface area (Å²) in [5, 5.41) is 0. The molecule has 15 heavy (non-hydrogen) atoms. The van der Waals surface area contributed by atoms with E-state index in [0.29, 0.717) is 6.54 Å². The van der Waals surface area contributed by atoms with Crippen molar-refractivity contribution in [3.8, 4) is 0 Å². The number of rotatable bonds is 3. The zero-order valence-electron chi connectivity index (χ0n) is 8.67. The molecule has 0 saturated heterocycles. The molecule has 0 fully saturated rings. The second-order valence-electron chi connectivity index (χ2n) is 3.51. The van der Waals surface area contributed by atoms with Crippen LogP contribution in [0.15, 0.2) is 36.8 Å². The summed E-state index contributed by atoms with van der Waals surface area (Å²) in [5.74, 6) is 0.801. The van der Waals surface area contributed by atoms with Crippen LogP contribution in [-0.2, 0) is 6.54 Å². The van der Waals surface area contributed by atoms with Gasteiger partial charge in [0.2, 0.25) is 0 Å². The summed E-state index contributed by atoms with van der Waals surface area (Å²) in [6.07, 6.45) is 5.49. The van der Waals surface area contributed by atoms with Crippen LogP contribution in [0.3, 0.4) is 0 Å². The fourth-order valence-corrected chi connectivity index (χ4v) is 1.55. The average Bonchev–Trinajstić information content (AvgIpc) is 2.67. The highest BCUT2D eigenvalue weighted by atomic mass is 15.0. The molecule has 0 saturated carbocycles. The zero-order valence-corrected chi connectivity index (χ0v) is 8.67. The number of hydrogen-bond donors (Lipinski definition) is 1. The van der Waals surface area contributed by atoms with Gasteiger partial charge in [-0.1, -0.05) is 0 Å². The number of nitrogens with zero attached hydrogens (tertiary/aromatic N) is 3. The molecule has 0 amide bonds. The third-order valence-electron chi connectivity index (χ3n) is 2.26. The highest BCUT2D eigenvalue weighted by Gasteiger charge is 2.06. The molecule has 0 spiro atoms. The number of aromatic nitrogens is 3. The van der Waals surface area contributed by atoms with Crippen molar-refractivity contribution in [2.75, 3.05) is 0 Å². The van der Waals surface area contributed by atoms with Crippen molar-refractivity contribution >= 4 is 0 Å². The molecule has 2 aromatic rings. The monoisotopic (exact) mass is 202 g/mol. The molecule has 1 unspecified atom stereocenters. The van der Waals surface area contributed by atoms with E-state index in [4.69, 9.17) is 5.73 Å². The molecule has 0 radical (unpaired) electrons. The summed E-state index contributed by atoms with van der Waals surface area (Å²) < 4.78 is 2.07. The van der Waals surface area contributed by atoms with Crippen LogP contribution in [0.2, 0.25) is 0 Å². The van der Waals surface area contributed by atoms with Crippen LogP contribution in [-0.4, -0.2) is 14.5 Å². The van der Waals surface area contributed by atoms with E-state index >= 15 is 0 Å². The normalized spacial score (nSPS) is 12.7. The Morgan fingerprint density at radius 1 is 1.33 bits per heavy atom. The minimum absolute atomic E-state index is 0.0312. The number of nitrogens with two attached hydrogens (primary N) is 1. The molecule has 2 N–H and O–H groups in total. The molecule has 0 aliphatic carbocycles. The lowest BCUT2D eigenvalue weighted by atomic mass is 10.2. The topological polar surface area (TPSA) is 56.7 Å². The third kappa shape index (κ3) is 2.22. The lowest BCUT2D eigenvalue weighted by Gasteiger charge is -2.10. The van der Waals surface area contributed by atoms with Gasteiger partial charge in [0.25, 0.3) is 0 Å². The van der Waals surface area contributed by atoms with E-state index in [9.17, 15) is 0 Å². The fraction of sp³-hybridized carbons (Fsp3) is 0.273. The van der Waals surface area contributed by atoms with E-state index < -0.39 is 0 Å². The zero-order chi connectivity index (χ0) is 10.7. The van der Waals surface area contributed by atoms with E-state index in [1.807, 2.05) is 31.3 Å². The molecule has 4 nitrogen and oxygen atoms in total. The second kappa shape index (κ2) is 4.23. The van der Waals surface area contributed by atoms with Crippen molar-refractivity contribution in [3.05, 3.63) is 48.3 Å². The molecule has 1 atom stereocenters. The maximum absolute atomic E-state index is 5.85. The van der Waals surface area contributed by atoms with Gasteiger partial charge in [0.1, 0.15) is 5.82 Å². The number of hydrogen-bond acceptors (Lipinski definition) is 3. The van der Waals surface area contributed by atoms with Crippen LogP contribution in [0.5, 0.6) is 0 Å².